The molecule has 0 spiro atoms. The average molecular weight is 540 g/mol. The molecule has 2 aromatic heterocycles. The Labute approximate surface area is 224 Å². The molecule has 5 aromatic rings. The van der Waals surface area contributed by atoms with Gasteiger partial charge >= 0.3 is 5.82 Å². The third-order valence-corrected chi connectivity index (χ3v) is 6.99. The van der Waals surface area contributed by atoms with Crippen molar-refractivity contribution in [3.63, 3.8) is 0 Å². The van der Waals surface area contributed by atoms with Gasteiger partial charge in [-0.05, 0) is 53.5 Å². The van der Waals surface area contributed by atoms with E-state index >= 15 is 0 Å². The van der Waals surface area contributed by atoms with Crippen LogP contribution in [-0.4, -0.2) is 30.2 Å². The minimum atomic E-state index is -4.05. The zero-order valence-electron chi connectivity index (χ0n) is 20.7. The van der Waals surface area contributed by atoms with Gasteiger partial charge in [-0.2, -0.15) is 4.57 Å². The molecular formula is C28H23N6O4S+. The summed E-state index contributed by atoms with van der Waals surface area (Å²) in [6.07, 6.45) is 3.30. The van der Waals surface area contributed by atoms with Gasteiger partial charge in [0.25, 0.3) is 15.9 Å². The fourth-order valence-corrected chi connectivity index (χ4v) is 4.79. The van der Waals surface area contributed by atoms with Crippen molar-refractivity contribution >= 4 is 50.1 Å². The van der Waals surface area contributed by atoms with Gasteiger partial charge in [0.1, 0.15) is 5.52 Å². The summed E-state index contributed by atoms with van der Waals surface area (Å²) < 4.78 is 30.6. The molecule has 0 radical (unpaired) electrons. The number of anilines is 3. The smallest absolute Gasteiger partial charge is 0.326 e. The number of rotatable bonds is 7. The Hall–Kier alpha value is -5.16. The Bertz CT molecular complexity index is 1780. The molecule has 0 aliphatic heterocycles. The number of para-hydroxylation sites is 2. The van der Waals surface area contributed by atoms with E-state index in [0.29, 0.717) is 28.0 Å². The number of amides is 2. The monoisotopic (exact) mass is 539 g/mol. The normalized spacial score (nSPS) is 11.1. The molecule has 3 aromatic carbocycles. The minimum absolute atomic E-state index is 0.0125. The van der Waals surface area contributed by atoms with Crippen LogP contribution in [0.3, 0.4) is 0 Å². The maximum Gasteiger partial charge on any atom is 0.372 e. The van der Waals surface area contributed by atoms with Crippen LogP contribution in [-0.2, 0) is 14.8 Å². The van der Waals surface area contributed by atoms with Crippen molar-refractivity contribution < 1.29 is 22.6 Å². The molecule has 11 heteroatoms. The lowest BCUT2D eigenvalue weighted by Gasteiger charge is -2.10. The summed E-state index contributed by atoms with van der Waals surface area (Å²) in [6, 6.07) is 25.1. The van der Waals surface area contributed by atoms with Gasteiger partial charge < -0.3 is 10.6 Å². The third-order valence-electron chi connectivity index (χ3n) is 5.64. The lowest BCUT2D eigenvalue weighted by atomic mass is 10.2. The van der Waals surface area contributed by atoms with Crippen LogP contribution in [0.5, 0.6) is 0 Å². The Morgan fingerprint density at radius 1 is 0.718 bits per heavy atom. The SMILES string of the molecule is CC(=O)Nc1ccc(S(=O)(=O)Nc2nc3ccccc3nc2-[n+]2ccc(NC(=O)c3ccccc3)cc2)cc1. The maximum absolute atomic E-state index is 13.2. The average Bonchev–Trinajstić information content (AvgIpc) is 2.93. The molecule has 0 bridgehead atoms. The summed E-state index contributed by atoms with van der Waals surface area (Å²) in [5, 5.41) is 5.43. The van der Waals surface area contributed by atoms with E-state index in [0.717, 1.165) is 0 Å². The second kappa shape index (κ2) is 10.7. The summed E-state index contributed by atoms with van der Waals surface area (Å²) in [4.78, 5) is 32.9. The molecule has 0 aliphatic carbocycles. The Morgan fingerprint density at radius 2 is 1.31 bits per heavy atom. The van der Waals surface area contributed by atoms with Crippen LogP contribution in [0.2, 0.25) is 0 Å². The van der Waals surface area contributed by atoms with Crippen LogP contribution < -0.4 is 19.9 Å². The Balaban J connectivity index is 1.46. The number of fused-ring (bicyclic) bond motifs is 1. The molecule has 0 saturated carbocycles. The predicted molar refractivity (Wildman–Crippen MR) is 147 cm³/mol. The highest BCUT2D eigenvalue weighted by atomic mass is 32.2. The van der Waals surface area contributed by atoms with E-state index in [1.807, 2.05) is 12.1 Å². The van der Waals surface area contributed by atoms with Gasteiger partial charge in [0.15, 0.2) is 0 Å². The van der Waals surface area contributed by atoms with Crippen molar-refractivity contribution in [2.24, 2.45) is 0 Å². The number of benzene rings is 3. The number of sulfonamides is 1. The van der Waals surface area contributed by atoms with E-state index in [1.165, 1.54) is 31.2 Å². The molecule has 0 fully saturated rings. The number of pyridine rings is 1. The molecule has 2 amide bonds. The number of aromatic nitrogens is 3. The van der Waals surface area contributed by atoms with Gasteiger partial charge in [-0.25, -0.2) is 13.4 Å². The molecule has 2 heterocycles. The van der Waals surface area contributed by atoms with E-state index in [-0.39, 0.29) is 28.3 Å². The van der Waals surface area contributed by atoms with Gasteiger partial charge in [0.05, 0.1) is 17.3 Å². The van der Waals surface area contributed by atoms with E-state index in [4.69, 9.17) is 0 Å². The standard InChI is InChI=1S/C28H22N6O4S/c1-19(35)29-21-11-13-23(14-12-21)39(37,38)33-26-27(32-25-10-6-5-9-24(25)31-26)34-17-15-22(16-18-34)30-28(36)20-7-3-2-4-8-20/h2-18H,1H3,(H2,29,31,33,35)/p+1. The summed E-state index contributed by atoms with van der Waals surface area (Å²) in [5.74, 6) is -0.252. The predicted octanol–water partition coefficient (Wildman–Crippen LogP) is 3.92. The highest BCUT2D eigenvalue weighted by Gasteiger charge is 2.25. The highest BCUT2D eigenvalue weighted by molar-refractivity contribution is 7.92. The summed E-state index contributed by atoms with van der Waals surface area (Å²) in [5.41, 5.74) is 2.63. The first-order valence-corrected chi connectivity index (χ1v) is 13.3. The van der Waals surface area contributed by atoms with E-state index in [2.05, 4.69) is 25.3 Å². The van der Waals surface area contributed by atoms with Crippen molar-refractivity contribution in [3.8, 4) is 5.82 Å². The maximum atomic E-state index is 13.2. The third kappa shape index (κ3) is 5.89. The van der Waals surface area contributed by atoms with Crippen LogP contribution in [0.15, 0.2) is 108 Å². The summed E-state index contributed by atoms with van der Waals surface area (Å²) >= 11 is 0. The second-order valence-corrected chi connectivity index (χ2v) is 10.2. The number of nitrogens with zero attached hydrogens (tertiary/aromatic N) is 3. The number of carbonyl (C=O) groups is 2. The number of carbonyl (C=O) groups excluding carboxylic acids is 2. The molecule has 39 heavy (non-hydrogen) atoms. The van der Waals surface area contributed by atoms with Crippen molar-refractivity contribution in [3.05, 3.63) is 109 Å². The quantitative estimate of drug-likeness (QED) is 0.269. The molecule has 0 aliphatic rings. The van der Waals surface area contributed by atoms with Crippen LogP contribution in [0.25, 0.3) is 16.9 Å². The van der Waals surface area contributed by atoms with Gasteiger partial charge in [0, 0.05) is 36.0 Å². The second-order valence-electron chi connectivity index (χ2n) is 8.51. The van der Waals surface area contributed by atoms with Crippen molar-refractivity contribution in [1.29, 1.82) is 0 Å². The van der Waals surface area contributed by atoms with Gasteiger partial charge in [-0.3, -0.25) is 14.3 Å². The van der Waals surface area contributed by atoms with Gasteiger partial charge in [-0.15, -0.1) is 0 Å². The van der Waals surface area contributed by atoms with Crippen LogP contribution >= 0.6 is 0 Å². The molecule has 0 saturated heterocycles. The first kappa shape index (κ1) is 25.5. The number of hydrogen-bond acceptors (Lipinski definition) is 6. The topological polar surface area (TPSA) is 134 Å². The van der Waals surface area contributed by atoms with Gasteiger partial charge in [0.2, 0.25) is 17.2 Å². The largest absolute Gasteiger partial charge is 0.372 e. The fraction of sp³-hybridized carbons (Fsp3) is 0.0357. The van der Waals surface area contributed by atoms with E-state index in [1.54, 1.807) is 71.6 Å². The summed E-state index contributed by atoms with van der Waals surface area (Å²) in [7, 11) is -4.05. The zero-order chi connectivity index (χ0) is 27.4. The first-order valence-electron chi connectivity index (χ1n) is 11.8. The minimum Gasteiger partial charge on any atom is -0.326 e. The molecule has 3 N–H and O–H groups in total. The molecule has 194 valence electrons. The van der Waals surface area contributed by atoms with Crippen LogP contribution in [0, 0.1) is 0 Å². The zero-order valence-corrected chi connectivity index (χ0v) is 21.5. The molecule has 5 rings (SSSR count). The Kier molecular flexibility index (Phi) is 6.98. The lowest BCUT2D eigenvalue weighted by molar-refractivity contribution is -0.598. The first-order chi connectivity index (χ1) is 18.8. The fourth-order valence-electron chi connectivity index (χ4n) is 3.79. The lowest BCUT2D eigenvalue weighted by Crippen LogP contribution is -2.33. The van der Waals surface area contributed by atoms with E-state index < -0.39 is 10.0 Å². The van der Waals surface area contributed by atoms with Crippen LogP contribution in [0.1, 0.15) is 17.3 Å². The van der Waals surface area contributed by atoms with Crippen molar-refractivity contribution in [1.82, 2.24) is 9.97 Å². The summed E-state index contributed by atoms with van der Waals surface area (Å²) in [6.45, 7) is 1.37. The van der Waals surface area contributed by atoms with Crippen molar-refractivity contribution in [2.75, 3.05) is 15.4 Å². The Morgan fingerprint density at radius 3 is 1.95 bits per heavy atom. The highest BCUT2D eigenvalue weighted by Crippen LogP contribution is 2.22. The molecular weight excluding hydrogens is 516 g/mol. The number of hydrogen-bond donors (Lipinski definition) is 3. The molecule has 0 unspecified atom stereocenters. The van der Waals surface area contributed by atoms with Gasteiger partial charge in [-0.1, -0.05) is 30.3 Å². The molecule has 0 atom stereocenters. The number of nitrogens with one attached hydrogen (secondary N) is 3. The molecule has 10 nitrogen and oxygen atoms in total. The van der Waals surface area contributed by atoms with Crippen LogP contribution in [0.4, 0.5) is 17.2 Å². The van der Waals surface area contributed by atoms with Crippen molar-refractivity contribution in [2.45, 2.75) is 11.8 Å². The van der Waals surface area contributed by atoms with E-state index in [9.17, 15) is 18.0 Å².